The van der Waals surface area contributed by atoms with Crippen LogP contribution in [0.2, 0.25) is 0 Å². The molecule has 0 spiro atoms. The molecule has 0 saturated carbocycles. The van der Waals surface area contributed by atoms with E-state index in [0.717, 1.165) is 0 Å². The maximum absolute atomic E-state index is 11.8. The van der Waals surface area contributed by atoms with E-state index in [9.17, 15) is 25.9 Å². The minimum atomic E-state index is -5.01. The SMILES string of the molecule is Nc1ccccc1C(=C(c1ccccc1)S(=O)(=O)O)S(=O)(=O)O. The summed E-state index contributed by atoms with van der Waals surface area (Å²) in [7, 11) is -9.99. The molecule has 0 atom stereocenters. The molecule has 0 aliphatic rings. The molecule has 0 bridgehead atoms. The smallest absolute Gasteiger partial charge is 0.296 e. The molecule has 122 valence electrons. The number of nitrogens with two attached hydrogens (primary N) is 1. The molecule has 2 aromatic rings. The van der Waals surface area contributed by atoms with E-state index in [-0.39, 0.29) is 16.8 Å². The highest BCUT2D eigenvalue weighted by atomic mass is 32.2. The molecule has 2 rings (SSSR count). The van der Waals surface area contributed by atoms with E-state index in [0.29, 0.717) is 0 Å². The molecule has 0 aliphatic carbocycles. The standard InChI is InChI=1S/C14H13NO6S2/c15-12-9-5-4-8-11(12)14(23(19,20)21)13(22(16,17)18)10-6-2-1-3-7-10/h1-9H,15H2,(H,16,17,18)(H,19,20,21). The lowest BCUT2D eigenvalue weighted by Crippen LogP contribution is -2.12. The first-order valence-electron chi connectivity index (χ1n) is 6.22. The second-order valence-electron chi connectivity index (χ2n) is 4.56. The summed E-state index contributed by atoms with van der Waals surface area (Å²) in [5, 5.41) is 0. The summed E-state index contributed by atoms with van der Waals surface area (Å²) in [5.74, 6) is 0. The van der Waals surface area contributed by atoms with Crippen molar-refractivity contribution in [2.24, 2.45) is 0 Å². The van der Waals surface area contributed by atoms with Crippen molar-refractivity contribution < 1.29 is 25.9 Å². The van der Waals surface area contributed by atoms with Crippen LogP contribution in [-0.2, 0) is 20.2 Å². The molecule has 4 N–H and O–H groups in total. The summed E-state index contributed by atoms with van der Waals surface area (Å²) in [6, 6.07) is 12.6. The maximum atomic E-state index is 11.8. The highest BCUT2D eigenvalue weighted by Gasteiger charge is 2.31. The van der Waals surface area contributed by atoms with Crippen molar-refractivity contribution in [1.82, 2.24) is 0 Å². The van der Waals surface area contributed by atoms with Crippen LogP contribution in [0, 0.1) is 0 Å². The van der Waals surface area contributed by atoms with Crippen molar-refractivity contribution in [2.45, 2.75) is 0 Å². The van der Waals surface area contributed by atoms with Crippen LogP contribution in [0.4, 0.5) is 5.69 Å². The van der Waals surface area contributed by atoms with Crippen molar-refractivity contribution in [2.75, 3.05) is 5.73 Å². The third kappa shape index (κ3) is 3.77. The van der Waals surface area contributed by atoms with E-state index in [2.05, 4.69) is 0 Å². The molecule has 7 nitrogen and oxygen atoms in total. The molecule has 23 heavy (non-hydrogen) atoms. The second-order valence-corrected chi connectivity index (χ2v) is 7.28. The lowest BCUT2D eigenvalue weighted by Gasteiger charge is -2.13. The summed E-state index contributed by atoms with van der Waals surface area (Å²) >= 11 is 0. The highest BCUT2D eigenvalue weighted by molar-refractivity contribution is 8.01. The molecule has 2 aromatic carbocycles. The van der Waals surface area contributed by atoms with Crippen LogP contribution in [0.1, 0.15) is 11.1 Å². The van der Waals surface area contributed by atoms with Crippen LogP contribution in [0.3, 0.4) is 0 Å². The van der Waals surface area contributed by atoms with Crippen molar-refractivity contribution in [1.29, 1.82) is 0 Å². The van der Waals surface area contributed by atoms with E-state index in [1.165, 1.54) is 48.5 Å². The molecule has 9 heteroatoms. The van der Waals surface area contributed by atoms with Gasteiger partial charge in [-0.15, -0.1) is 0 Å². The van der Waals surface area contributed by atoms with Gasteiger partial charge in [-0.1, -0.05) is 48.5 Å². The van der Waals surface area contributed by atoms with Crippen LogP contribution in [0.15, 0.2) is 54.6 Å². The Labute approximate surface area is 133 Å². The topological polar surface area (TPSA) is 135 Å². The third-order valence-corrected chi connectivity index (χ3v) is 4.99. The van der Waals surface area contributed by atoms with Gasteiger partial charge in [-0.3, -0.25) is 9.11 Å². The second kappa shape index (κ2) is 6.13. The molecule has 0 unspecified atom stereocenters. The van der Waals surface area contributed by atoms with Gasteiger partial charge in [0.1, 0.15) is 9.81 Å². The average molecular weight is 355 g/mol. The lowest BCUT2D eigenvalue weighted by atomic mass is 10.1. The predicted molar refractivity (Wildman–Crippen MR) is 87.2 cm³/mol. The number of benzene rings is 2. The third-order valence-electron chi connectivity index (χ3n) is 2.96. The molecular weight excluding hydrogens is 342 g/mol. The van der Waals surface area contributed by atoms with Crippen LogP contribution in [0.25, 0.3) is 9.81 Å². The van der Waals surface area contributed by atoms with Crippen LogP contribution < -0.4 is 5.73 Å². The van der Waals surface area contributed by atoms with Crippen molar-refractivity contribution in [3.05, 3.63) is 65.7 Å². The number of rotatable bonds is 4. The molecule has 0 aliphatic heterocycles. The van der Waals surface area contributed by atoms with Crippen LogP contribution >= 0.6 is 0 Å². The zero-order chi connectivity index (χ0) is 17.3. The number of hydrogen-bond acceptors (Lipinski definition) is 5. The predicted octanol–water partition coefficient (Wildman–Crippen LogP) is 1.87. The number of hydrogen-bond donors (Lipinski definition) is 3. The average Bonchev–Trinajstić information content (AvgIpc) is 2.44. The highest BCUT2D eigenvalue weighted by Crippen LogP contribution is 2.36. The largest absolute Gasteiger partial charge is 0.398 e. The fourth-order valence-corrected chi connectivity index (χ4v) is 4.29. The van der Waals surface area contributed by atoms with Crippen LogP contribution in [-0.4, -0.2) is 25.9 Å². The molecule has 0 heterocycles. The molecule has 0 radical (unpaired) electrons. The normalized spacial score (nSPS) is 13.5. The molecule has 0 saturated heterocycles. The Kier molecular flexibility index (Phi) is 4.57. The van der Waals surface area contributed by atoms with Gasteiger partial charge in [-0.05, 0) is 11.6 Å². The number of para-hydroxylation sites is 1. The van der Waals surface area contributed by atoms with E-state index >= 15 is 0 Å². The van der Waals surface area contributed by atoms with Crippen molar-refractivity contribution >= 4 is 35.7 Å². The zero-order valence-corrected chi connectivity index (χ0v) is 13.3. The van der Waals surface area contributed by atoms with Gasteiger partial charge in [0.25, 0.3) is 20.2 Å². The van der Waals surface area contributed by atoms with Gasteiger partial charge in [-0.2, -0.15) is 16.8 Å². The fraction of sp³-hybridized carbons (Fsp3) is 0. The Morgan fingerprint density at radius 2 is 1.22 bits per heavy atom. The quantitative estimate of drug-likeness (QED) is 0.433. The Bertz CT molecular complexity index is 963. The Morgan fingerprint density at radius 3 is 1.70 bits per heavy atom. The van der Waals surface area contributed by atoms with Gasteiger partial charge in [0.2, 0.25) is 0 Å². The van der Waals surface area contributed by atoms with Gasteiger partial charge < -0.3 is 5.73 Å². The summed E-state index contributed by atoms with van der Waals surface area (Å²) in [4.78, 5) is -1.93. The maximum Gasteiger partial charge on any atom is 0.296 e. The van der Waals surface area contributed by atoms with Crippen LogP contribution in [0.5, 0.6) is 0 Å². The first kappa shape index (κ1) is 17.2. The number of anilines is 1. The van der Waals surface area contributed by atoms with Gasteiger partial charge in [-0.25, -0.2) is 0 Å². The molecule has 0 fully saturated rings. The first-order chi connectivity index (χ1) is 10.6. The van der Waals surface area contributed by atoms with Gasteiger partial charge in [0.05, 0.1) is 0 Å². The molecule has 0 aromatic heterocycles. The van der Waals surface area contributed by atoms with E-state index in [1.807, 2.05) is 0 Å². The summed E-state index contributed by atoms with van der Waals surface area (Å²) in [6.45, 7) is 0. The fourth-order valence-electron chi connectivity index (χ4n) is 2.07. The minimum absolute atomic E-state index is 0.0720. The zero-order valence-electron chi connectivity index (χ0n) is 11.6. The lowest BCUT2D eigenvalue weighted by molar-refractivity contribution is 0.491. The van der Waals surface area contributed by atoms with Crippen molar-refractivity contribution in [3.8, 4) is 0 Å². The molecule has 0 amide bonds. The van der Waals surface area contributed by atoms with Gasteiger partial charge in [0, 0.05) is 11.3 Å². The molecular formula is C14H13NO6S2. The minimum Gasteiger partial charge on any atom is -0.398 e. The van der Waals surface area contributed by atoms with Gasteiger partial charge >= 0.3 is 0 Å². The van der Waals surface area contributed by atoms with Crippen molar-refractivity contribution in [3.63, 3.8) is 0 Å². The first-order valence-corrected chi connectivity index (χ1v) is 9.10. The van der Waals surface area contributed by atoms with E-state index < -0.39 is 30.0 Å². The monoisotopic (exact) mass is 355 g/mol. The summed E-state index contributed by atoms with van der Waals surface area (Å²) in [6.07, 6.45) is 0. The summed E-state index contributed by atoms with van der Waals surface area (Å²) < 4.78 is 66.2. The number of nitrogen functional groups attached to an aromatic ring is 1. The Hall–Kier alpha value is -2.20. The Balaban J connectivity index is 3.03. The van der Waals surface area contributed by atoms with Gasteiger partial charge in [0.15, 0.2) is 0 Å². The Morgan fingerprint density at radius 1 is 0.739 bits per heavy atom. The summed E-state index contributed by atoms with van der Waals surface area (Å²) in [5.41, 5.74) is 5.28. The van der Waals surface area contributed by atoms with E-state index in [4.69, 9.17) is 5.73 Å². The van der Waals surface area contributed by atoms with E-state index in [1.54, 1.807) is 6.07 Å².